The lowest BCUT2D eigenvalue weighted by Crippen LogP contribution is -2.28. The summed E-state index contributed by atoms with van der Waals surface area (Å²) in [5.74, 6) is 1.10. The van der Waals surface area contributed by atoms with Crippen molar-refractivity contribution in [3.63, 3.8) is 0 Å². The van der Waals surface area contributed by atoms with Gasteiger partial charge in [0, 0.05) is 25.2 Å². The highest BCUT2D eigenvalue weighted by Crippen LogP contribution is 2.23. The van der Waals surface area contributed by atoms with Crippen LogP contribution < -0.4 is 10.6 Å². The lowest BCUT2D eigenvalue weighted by molar-refractivity contribution is -0.120. The first-order chi connectivity index (χ1) is 9.00. The molecule has 0 aliphatic heterocycles. The molecule has 0 bridgehead atoms. The van der Waals surface area contributed by atoms with E-state index in [1.165, 1.54) is 5.56 Å². The molecular weight excluding hydrogens is 236 g/mol. The molecule has 0 saturated heterocycles. The molecule has 19 heavy (non-hydrogen) atoms. The van der Waals surface area contributed by atoms with E-state index in [-0.39, 0.29) is 5.91 Å². The highest BCUT2D eigenvalue weighted by atomic mass is 16.1. The molecule has 2 N–H and O–H groups in total. The van der Waals surface area contributed by atoms with Gasteiger partial charge in [0.25, 0.3) is 0 Å². The maximum atomic E-state index is 11.6. The van der Waals surface area contributed by atoms with Crippen LogP contribution in [0.3, 0.4) is 0 Å². The summed E-state index contributed by atoms with van der Waals surface area (Å²) < 4.78 is 0. The van der Waals surface area contributed by atoms with Gasteiger partial charge in [-0.25, -0.2) is 0 Å². The first-order valence-electron chi connectivity index (χ1n) is 7.10. The molecule has 0 heterocycles. The Kier molecular flexibility index (Phi) is 6.40. The molecule has 0 spiro atoms. The third-order valence-electron chi connectivity index (χ3n) is 2.96. The van der Waals surface area contributed by atoms with Crippen molar-refractivity contribution in [3.05, 3.63) is 29.8 Å². The molecule has 3 heteroatoms. The van der Waals surface area contributed by atoms with E-state index in [0.717, 1.165) is 12.2 Å². The molecule has 0 aromatic heterocycles. The number of carbonyl (C=O) groups is 1. The molecule has 0 aliphatic rings. The molecule has 106 valence electrons. The van der Waals surface area contributed by atoms with Crippen molar-refractivity contribution >= 4 is 11.6 Å². The number of benzene rings is 1. The second-order valence-electron chi connectivity index (χ2n) is 5.62. The second kappa shape index (κ2) is 7.82. The highest BCUT2D eigenvalue weighted by molar-refractivity contribution is 5.76. The molecule has 1 rings (SSSR count). The fraction of sp³-hybridized carbons (Fsp3) is 0.562. The predicted octanol–water partition coefficient (Wildman–Crippen LogP) is 3.38. The van der Waals surface area contributed by atoms with Crippen molar-refractivity contribution in [1.82, 2.24) is 5.32 Å². The summed E-state index contributed by atoms with van der Waals surface area (Å²) in [6, 6.07) is 8.27. The van der Waals surface area contributed by atoms with Crippen LogP contribution >= 0.6 is 0 Å². The van der Waals surface area contributed by atoms with Gasteiger partial charge < -0.3 is 10.6 Å². The highest BCUT2D eigenvalue weighted by Gasteiger charge is 2.06. The average Bonchev–Trinajstić information content (AvgIpc) is 2.36. The zero-order valence-electron chi connectivity index (χ0n) is 12.5. The van der Waals surface area contributed by atoms with Crippen LogP contribution in [0.4, 0.5) is 5.69 Å². The van der Waals surface area contributed by atoms with E-state index >= 15 is 0 Å². The van der Waals surface area contributed by atoms with E-state index < -0.39 is 0 Å². The van der Waals surface area contributed by atoms with Gasteiger partial charge in [0.15, 0.2) is 0 Å². The Morgan fingerprint density at radius 1 is 1.16 bits per heavy atom. The van der Waals surface area contributed by atoms with E-state index in [4.69, 9.17) is 0 Å². The maximum absolute atomic E-state index is 11.6. The molecule has 3 nitrogen and oxygen atoms in total. The van der Waals surface area contributed by atoms with Crippen molar-refractivity contribution in [2.45, 2.75) is 40.0 Å². The van der Waals surface area contributed by atoms with Gasteiger partial charge in [-0.2, -0.15) is 0 Å². The third-order valence-corrected chi connectivity index (χ3v) is 2.96. The summed E-state index contributed by atoms with van der Waals surface area (Å²) in [5, 5.41) is 6.28. The molecule has 1 amide bonds. The average molecular weight is 262 g/mol. The van der Waals surface area contributed by atoms with Gasteiger partial charge in [0.2, 0.25) is 5.91 Å². The van der Waals surface area contributed by atoms with E-state index in [2.05, 4.69) is 56.5 Å². The quantitative estimate of drug-likeness (QED) is 0.791. The number of para-hydroxylation sites is 1. The van der Waals surface area contributed by atoms with Crippen LogP contribution in [0.2, 0.25) is 0 Å². The van der Waals surface area contributed by atoms with Crippen molar-refractivity contribution in [3.8, 4) is 0 Å². The molecule has 0 saturated carbocycles. The Bertz CT molecular complexity index is 399. The van der Waals surface area contributed by atoms with Gasteiger partial charge in [-0.15, -0.1) is 0 Å². The van der Waals surface area contributed by atoms with Crippen LogP contribution in [-0.4, -0.2) is 19.0 Å². The van der Waals surface area contributed by atoms with Crippen molar-refractivity contribution in [2.24, 2.45) is 5.92 Å². The summed E-state index contributed by atoms with van der Waals surface area (Å²) in [7, 11) is 0. The number of amides is 1. The fourth-order valence-electron chi connectivity index (χ4n) is 1.88. The number of hydrogen-bond acceptors (Lipinski definition) is 2. The largest absolute Gasteiger partial charge is 0.384 e. The Morgan fingerprint density at radius 3 is 2.47 bits per heavy atom. The SMILES string of the molecule is CC(C)CNC(=O)CCNc1ccccc1C(C)C. The number of anilines is 1. The van der Waals surface area contributed by atoms with Gasteiger partial charge >= 0.3 is 0 Å². The standard InChI is InChI=1S/C16H26N2O/c1-12(2)11-18-16(19)9-10-17-15-8-6-5-7-14(15)13(3)4/h5-8,12-13,17H,9-11H2,1-4H3,(H,18,19). The molecule has 0 radical (unpaired) electrons. The number of nitrogens with one attached hydrogen (secondary N) is 2. The van der Waals surface area contributed by atoms with Gasteiger partial charge in [-0.1, -0.05) is 45.9 Å². The van der Waals surface area contributed by atoms with Gasteiger partial charge in [-0.05, 0) is 23.5 Å². The number of rotatable bonds is 7. The number of carbonyl (C=O) groups excluding carboxylic acids is 1. The summed E-state index contributed by atoms with van der Waals surface area (Å²) >= 11 is 0. The Balaban J connectivity index is 2.39. The topological polar surface area (TPSA) is 41.1 Å². The van der Waals surface area contributed by atoms with E-state index in [1.807, 2.05) is 6.07 Å². The Hall–Kier alpha value is -1.51. The first kappa shape index (κ1) is 15.5. The molecule has 0 aliphatic carbocycles. The maximum Gasteiger partial charge on any atom is 0.221 e. The summed E-state index contributed by atoms with van der Waals surface area (Å²) in [4.78, 5) is 11.6. The minimum Gasteiger partial charge on any atom is -0.384 e. The first-order valence-corrected chi connectivity index (χ1v) is 7.10. The minimum absolute atomic E-state index is 0.114. The zero-order chi connectivity index (χ0) is 14.3. The predicted molar refractivity (Wildman–Crippen MR) is 81.5 cm³/mol. The second-order valence-corrected chi connectivity index (χ2v) is 5.62. The fourth-order valence-corrected chi connectivity index (χ4v) is 1.88. The monoisotopic (exact) mass is 262 g/mol. The smallest absolute Gasteiger partial charge is 0.221 e. The molecule has 0 unspecified atom stereocenters. The molecule has 0 atom stereocenters. The van der Waals surface area contributed by atoms with Crippen molar-refractivity contribution < 1.29 is 4.79 Å². The van der Waals surface area contributed by atoms with Crippen molar-refractivity contribution in [1.29, 1.82) is 0 Å². The van der Waals surface area contributed by atoms with E-state index in [1.54, 1.807) is 0 Å². The molecule has 0 fully saturated rings. The van der Waals surface area contributed by atoms with Crippen LogP contribution in [0.1, 0.15) is 45.6 Å². The van der Waals surface area contributed by atoms with E-state index in [0.29, 0.717) is 24.8 Å². The van der Waals surface area contributed by atoms with Crippen LogP contribution in [0.15, 0.2) is 24.3 Å². The van der Waals surface area contributed by atoms with E-state index in [9.17, 15) is 4.79 Å². The van der Waals surface area contributed by atoms with Crippen LogP contribution in [0.25, 0.3) is 0 Å². The Morgan fingerprint density at radius 2 is 1.84 bits per heavy atom. The third kappa shape index (κ3) is 5.77. The van der Waals surface area contributed by atoms with Gasteiger partial charge in [0.1, 0.15) is 0 Å². The number of hydrogen-bond donors (Lipinski definition) is 2. The van der Waals surface area contributed by atoms with Crippen LogP contribution in [0, 0.1) is 5.92 Å². The Labute approximate surface area is 116 Å². The van der Waals surface area contributed by atoms with Crippen molar-refractivity contribution in [2.75, 3.05) is 18.4 Å². The van der Waals surface area contributed by atoms with Crippen LogP contribution in [0.5, 0.6) is 0 Å². The lowest BCUT2D eigenvalue weighted by Gasteiger charge is -2.14. The lowest BCUT2D eigenvalue weighted by atomic mass is 10.0. The molecular formula is C16H26N2O. The summed E-state index contributed by atoms with van der Waals surface area (Å²) in [5.41, 5.74) is 2.43. The molecule has 1 aromatic rings. The summed E-state index contributed by atoms with van der Waals surface area (Å²) in [6.07, 6.45) is 0.513. The molecule has 1 aromatic carbocycles. The summed E-state index contributed by atoms with van der Waals surface area (Å²) in [6.45, 7) is 9.97. The minimum atomic E-state index is 0.114. The normalized spacial score (nSPS) is 10.8. The van der Waals surface area contributed by atoms with Crippen LogP contribution in [-0.2, 0) is 4.79 Å². The van der Waals surface area contributed by atoms with Gasteiger partial charge in [-0.3, -0.25) is 4.79 Å². The zero-order valence-corrected chi connectivity index (χ0v) is 12.5. The van der Waals surface area contributed by atoms with Gasteiger partial charge in [0.05, 0.1) is 0 Å².